The number of aromatic amines is 1. The number of nitrogen functional groups attached to an aromatic ring is 1. The summed E-state index contributed by atoms with van der Waals surface area (Å²) in [7, 11) is 1.59. The van der Waals surface area contributed by atoms with Gasteiger partial charge in [-0.15, -0.1) is 0 Å². The standard InChI is InChI=1S/C11H12N6O3/c1-16(5-10-13-6-14-15-10)11(18)7-2-3-9(17(19)20)8(12)4-7/h2-4,6H,5,12H2,1H3,(H,13,14,15). The first-order valence-electron chi connectivity index (χ1n) is 5.62. The molecule has 0 radical (unpaired) electrons. The van der Waals surface area contributed by atoms with Gasteiger partial charge in [-0.1, -0.05) is 0 Å². The van der Waals surface area contributed by atoms with Crippen LogP contribution in [-0.2, 0) is 6.54 Å². The molecule has 0 aliphatic rings. The number of nitrogens with two attached hydrogens (primary N) is 1. The fourth-order valence-electron chi connectivity index (χ4n) is 1.68. The van der Waals surface area contributed by atoms with E-state index in [4.69, 9.17) is 5.73 Å². The van der Waals surface area contributed by atoms with Gasteiger partial charge in [0.1, 0.15) is 17.8 Å². The minimum atomic E-state index is -0.595. The third-order valence-corrected chi connectivity index (χ3v) is 2.67. The van der Waals surface area contributed by atoms with Gasteiger partial charge in [-0.3, -0.25) is 20.0 Å². The van der Waals surface area contributed by atoms with Gasteiger partial charge >= 0.3 is 0 Å². The van der Waals surface area contributed by atoms with Gasteiger partial charge in [0.25, 0.3) is 11.6 Å². The molecule has 3 N–H and O–H groups in total. The lowest BCUT2D eigenvalue weighted by Gasteiger charge is -2.15. The van der Waals surface area contributed by atoms with E-state index in [1.807, 2.05) is 0 Å². The van der Waals surface area contributed by atoms with Crippen LogP contribution in [0.2, 0.25) is 0 Å². The van der Waals surface area contributed by atoms with Crippen molar-refractivity contribution in [3.63, 3.8) is 0 Å². The number of H-pyrrole nitrogens is 1. The van der Waals surface area contributed by atoms with E-state index < -0.39 is 4.92 Å². The molecule has 0 spiro atoms. The molecule has 1 heterocycles. The Hall–Kier alpha value is -2.97. The summed E-state index contributed by atoms with van der Waals surface area (Å²) in [4.78, 5) is 27.5. The Morgan fingerprint density at radius 2 is 2.30 bits per heavy atom. The van der Waals surface area contributed by atoms with Crippen LogP contribution in [0.3, 0.4) is 0 Å². The monoisotopic (exact) mass is 276 g/mol. The average Bonchev–Trinajstić information content (AvgIpc) is 2.90. The number of nitrogens with zero attached hydrogens (tertiary/aromatic N) is 4. The molecule has 9 nitrogen and oxygen atoms in total. The molecular weight excluding hydrogens is 264 g/mol. The Morgan fingerprint density at radius 1 is 1.55 bits per heavy atom. The predicted molar refractivity (Wildman–Crippen MR) is 69.7 cm³/mol. The van der Waals surface area contributed by atoms with E-state index in [2.05, 4.69) is 15.2 Å². The quantitative estimate of drug-likeness (QED) is 0.476. The lowest BCUT2D eigenvalue weighted by Crippen LogP contribution is -2.26. The smallest absolute Gasteiger partial charge is 0.292 e. The van der Waals surface area contributed by atoms with Crippen LogP contribution < -0.4 is 5.73 Å². The van der Waals surface area contributed by atoms with E-state index in [0.29, 0.717) is 5.82 Å². The first-order chi connectivity index (χ1) is 9.49. The molecule has 0 fully saturated rings. The molecule has 0 saturated heterocycles. The van der Waals surface area contributed by atoms with Crippen molar-refractivity contribution < 1.29 is 9.72 Å². The normalized spacial score (nSPS) is 10.2. The third-order valence-electron chi connectivity index (χ3n) is 2.67. The molecule has 0 bridgehead atoms. The minimum Gasteiger partial charge on any atom is -0.393 e. The SMILES string of the molecule is CN(Cc1ncn[nH]1)C(=O)c1ccc([N+](=O)[O-])c(N)c1. The van der Waals surface area contributed by atoms with Gasteiger partial charge in [0.05, 0.1) is 11.5 Å². The number of amides is 1. The Morgan fingerprint density at radius 3 is 2.85 bits per heavy atom. The Bertz CT molecular complexity index is 640. The van der Waals surface area contributed by atoms with Crippen molar-refractivity contribution in [2.24, 2.45) is 0 Å². The molecule has 9 heteroatoms. The maximum Gasteiger partial charge on any atom is 0.292 e. The van der Waals surface area contributed by atoms with Crippen LogP contribution in [0.4, 0.5) is 11.4 Å². The maximum absolute atomic E-state index is 12.1. The van der Waals surface area contributed by atoms with Crippen LogP contribution in [0.15, 0.2) is 24.5 Å². The highest BCUT2D eigenvalue weighted by Crippen LogP contribution is 2.22. The number of nitro benzene ring substituents is 1. The van der Waals surface area contributed by atoms with Gasteiger partial charge in [0.15, 0.2) is 0 Å². The maximum atomic E-state index is 12.1. The van der Waals surface area contributed by atoms with E-state index in [-0.39, 0.29) is 29.4 Å². The minimum absolute atomic E-state index is 0.0473. The number of aromatic nitrogens is 3. The molecule has 0 atom stereocenters. The summed E-state index contributed by atoms with van der Waals surface area (Å²) in [5, 5.41) is 17.0. The zero-order chi connectivity index (χ0) is 14.7. The summed E-state index contributed by atoms with van der Waals surface area (Å²) in [6.07, 6.45) is 1.34. The third kappa shape index (κ3) is 2.71. The second-order valence-corrected chi connectivity index (χ2v) is 4.12. The second-order valence-electron chi connectivity index (χ2n) is 4.12. The van der Waals surface area contributed by atoms with Crippen molar-refractivity contribution in [1.82, 2.24) is 20.1 Å². The Balaban J connectivity index is 2.16. The summed E-state index contributed by atoms with van der Waals surface area (Å²) >= 11 is 0. The molecule has 0 unspecified atom stereocenters. The lowest BCUT2D eigenvalue weighted by atomic mass is 10.1. The Kier molecular flexibility index (Phi) is 3.60. The topological polar surface area (TPSA) is 131 Å². The van der Waals surface area contributed by atoms with E-state index in [0.717, 1.165) is 0 Å². The number of benzene rings is 1. The number of rotatable bonds is 4. The first-order valence-corrected chi connectivity index (χ1v) is 5.62. The van der Waals surface area contributed by atoms with Crippen LogP contribution in [0.1, 0.15) is 16.2 Å². The molecule has 0 aliphatic heterocycles. The number of hydrogen-bond donors (Lipinski definition) is 2. The molecule has 1 aromatic heterocycles. The van der Waals surface area contributed by atoms with E-state index in [9.17, 15) is 14.9 Å². The molecule has 2 rings (SSSR count). The number of carbonyl (C=O) groups excluding carboxylic acids is 1. The summed E-state index contributed by atoms with van der Waals surface area (Å²) in [5.74, 6) is 0.221. The molecule has 1 aromatic carbocycles. The van der Waals surface area contributed by atoms with Crippen molar-refractivity contribution in [3.8, 4) is 0 Å². The van der Waals surface area contributed by atoms with Gasteiger partial charge in [0.2, 0.25) is 0 Å². The molecule has 20 heavy (non-hydrogen) atoms. The van der Waals surface area contributed by atoms with Gasteiger partial charge in [-0.25, -0.2) is 4.98 Å². The van der Waals surface area contributed by atoms with E-state index in [1.54, 1.807) is 7.05 Å². The number of hydrogen-bond acceptors (Lipinski definition) is 6. The van der Waals surface area contributed by atoms with Crippen LogP contribution in [-0.4, -0.2) is 38.0 Å². The van der Waals surface area contributed by atoms with Crippen LogP contribution in [0, 0.1) is 10.1 Å². The van der Waals surface area contributed by atoms with E-state index >= 15 is 0 Å². The van der Waals surface area contributed by atoms with Crippen LogP contribution in [0.25, 0.3) is 0 Å². The van der Waals surface area contributed by atoms with Gasteiger partial charge in [-0.2, -0.15) is 5.10 Å². The molecular formula is C11H12N6O3. The van der Waals surface area contributed by atoms with Crippen molar-refractivity contribution in [3.05, 3.63) is 46.0 Å². The molecule has 1 amide bonds. The summed E-state index contributed by atoms with van der Waals surface area (Å²) in [6.45, 7) is 0.246. The van der Waals surface area contributed by atoms with Gasteiger partial charge in [-0.05, 0) is 12.1 Å². The highest BCUT2D eigenvalue weighted by molar-refractivity contribution is 5.95. The Labute approximate surface area is 113 Å². The van der Waals surface area contributed by atoms with Crippen molar-refractivity contribution in [2.75, 3.05) is 12.8 Å². The molecule has 2 aromatic rings. The van der Waals surface area contributed by atoms with Gasteiger partial charge in [0, 0.05) is 18.7 Å². The van der Waals surface area contributed by atoms with Crippen LogP contribution >= 0.6 is 0 Å². The highest BCUT2D eigenvalue weighted by Gasteiger charge is 2.17. The first kappa shape index (κ1) is 13.5. The van der Waals surface area contributed by atoms with Crippen molar-refractivity contribution in [2.45, 2.75) is 6.54 Å². The summed E-state index contributed by atoms with van der Waals surface area (Å²) < 4.78 is 0. The molecule has 104 valence electrons. The highest BCUT2D eigenvalue weighted by atomic mass is 16.6. The fraction of sp³-hybridized carbons (Fsp3) is 0.182. The van der Waals surface area contributed by atoms with Crippen molar-refractivity contribution in [1.29, 1.82) is 0 Å². The average molecular weight is 276 g/mol. The van der Waals surface area contributed by atoms with Crippen LogP contribution in [0.5, 0.6) is 0 Å². The fourth-order valence-corrected chi connectivity index (χ4v) is 1.68. The zero-order valence-corrected chi connectivity index (χ0v) is 10.6. The van der Waals surface area contributed by atoms with Gasteiger partial charge < -0.3 is 10.6 Å². The second kappa shape index (κ2) is 5.34. The lowest BCUT2D eigenvalue weighted by molar-refractivity contribution is -0.383. The number of nitrogens with one attached hydrogen (secondary N) is 1. The molecule has 0 aliphatic carbocycles. The molecule has 0 saturated carbocycles. The number of anilines is 1. The van der Waals surface area contributed by atoms with E-state index in [1.165, 1.54) is 29.4 Å². The largest absolute Gasteiger partial charge is 0.393 e. The summed E-state index contributed by atoms with van der Waals surface area (Å²) in [6, 6.07) is 3.87. The van der Waals surface area contributed by atoms with Crippen molar-refractivity contribution >= 4 is 17.3 Å². The number of carbonyl (C=O) groups is 1. The predicted octanol–water partition coefficient (Wildman–Crippen LogP) is 0.567. The summed E-state index contributed by atoms with van der Waals surface area (Å²) in [5.41, 5.74) is 5.56. The number of nitro groups is 1. The zero-order valence-electron chi connectivity index (χ0n) is 10.6.